The summed E-state index contributed by atoms with van der Waals surface area (Å²) in [6.07, 6.45) is -4.46. The predicted molar refractivity (Wildman–Crippen MR) is 77.1 cm³/mol. The lowest BCUT2D eigenvalue weighted by molar-refractivity contribution is -0.138. The highest BCUT2D eigenvalue weighted by atomic mass is 35.5. The predicted octanol–water partition coefficient (Wildman–Crippen LogP) is 6.27. The van der Waals surface area contributed by atoms with Crippen molar-refractivity contribution in [1.29, 1.82) is 0 Å². The minimum Gasteiger partial charge on any atom is -0.456 e. The zero-order valence-corrected chi connectivity index (χ0v) is 12.3. The molecule has 0 N–H and O–H groups in total. The molecule has 0 aromatic heterocycles. The Morgan fingerprint density at radius 3 is 2.29 bits per heavy atom. The van der Waals surface area contributed by atoms with Gasteiger partial charge in [0.05, 0.1) is 5.56 Å². The fraction of sp³-hybridized carbons (Fsp3) is 0.250. The van der Waals surface area contributed by atoms with Gasteiger partial charge in [0.2, 0.25) is 0 Å². The van der Waals surface area contributed by atoms with Gasteiger partial charge >= 0.3 is 6.18 Å². The summed E-state index contributed by atoms with van der Waals surface area (Å²) < 4.78 is 44.4. The lowest BCUT2D eigenvalue weighted by Gasteiger charge is -2.17. The molecule has 0 saturated carbocycles. The summed E-state index contributed by atoms with van der Waals surface area (Å²) in [6.45, 7) is 3.85. The lowest BCUT2D eigenvalue weighted by atomic mass is 10.0. The number of benzene rings is 2. The van der Waals surface area contributed by atoms with E-state index in [-0.39, 0.29) is 11.7 Å². The van der Waals surface area contributed by atoms with Crippen LogP contribution < -0.4 is 4.74 Å². The van der Waals surface area contributed by atoms with Crippen molar-refractivity contribution in [3.63, 3.8) is 0 Å². The Morgan fingerprint density at radius 2 is 1.67 bits per heavy atom. The molecule has 0 radical (unpaired) electrons. The second kappa shape index (κ2) is 5.98. The molecule has 2 aromatic carbocycles. The van der Waals surface area contributed by atoms with Crippen molar-refractivity contribution in [2.24, 2.45) is 0 Å². The van der Waals surface area contributed by atoms with Gasteiger partial charge in [0.1, 0.15) is 11.5 Å². The summed E-state index contributed by atoms with van der Waals surface area (Å²) in [5, 5.41) is 0.523. The van der Waals surface area contributed by atoms with Crippen molar-refractivity contribution in [2.75, 3.05) is 0 Å². The van der Waals surface area contributed by atoms with Crippen LogP contribution in [0, 0.1) is 0 Å². The summed E-state index contributed by atoms with van der Waals surface area (Å²) in [7, 11) is 0. The van der Waals surface area contributed by atoms with E-state index in [9.17, 15) is 13.2 Å². The molecule has 0 amide bonds. The van der Waals surface area contributed by atoms with Crippen molar-refractivity contribution in [2.45, 2.75) is 25.9 Å². The molecule has 2 rings (SSSR count). The monoisotopic (exact) mass is 314 g/mol. The van der Waals surface area contributed by atoms with Gasteiger partial charge < -0.3 is 4.74 Å². The minimum absolute atomic E-state index is 0.0803. The third kappa shape index (κ3) is 3.70. The van der Waals surface area contributed by atoms with Gasteiger partial charge in [-0.15, -0.1) is 0 Å². The summed E-state index contributed by atoms with van der Waals surface area (Å²) in [4.78, 5) is 0. The quantitative estimate of drug-likeness (QED) is 0.648. The average molecular weight is 315 g/mol. The Hall–Kier alpha value is -1.68. The lowest BCUT2D eigenvalue weighted by Crippen LogP contribution is -2.07. The van der Waals surface area contributed by atoms with Crippen LogP contribution in [0.1, 0.15) is 30.9 Å². The first-order valence-corrected chi connectivity index (χ1v) is 6.80. The number of halogens is 4. The second-order valence-electron chi connectivity index (χ2n) is 4.93. The minimum atomic E-state index is -4.46. The van der Waals surface area contributed by atoms with Gasteiger partial charge in [-0.1, -0.05) is 37.6 Å². The average Bonchev–Trinajstić information content (AvgIpc) is 2.40. The maximum atomic E-state index is 13.0. The Morgan fingerprint density at radius 1 is 1.00 bits per heavy atom. The smallest absolute Gasteiger partial charge is 0.419 e. The molecule has 0 saturated heterocycles. The summed E-state index contributed by atoms with van der Waals surface area (Å²) in [5.74, 6) is 0.247. The molecule has 112 valence electrons. The first kappa shape index (κ1) is 15.7. The van der Waals surface area contributed by atoms with E-state index in [1.165, 1.54) is 18.2 Å². The number of hydrogen-bond donors (Lipinski definition) is 0. The van der Waals surface area contributed by atoms with E-state index in [4.69, 9.17) is 16.3 Å². The van der Waals surface area contributed by atoms with Crippen LogP contribution >= 0.6 is 11.6 Å². The molecule has 0 atom stereocenters. The Kier molecular flexibility index (Phi) is 4.47. The van der Waals surface area contributed by atoms with Gasteiger partial charge in [-0.2, -0.15) is 13.2 Å². The molecule has 2 aromatic rings. The number of rotatable bonds is 3. The number of para-hydroxylation sites is 1. The maximum Gasteiger partial charge on any atom is 0.419 e. The number of alkyl halides is 3. The molecule has 21 heavy (non-hydrogen) atoms. The Bertz CT molecular complexity index is 636. The first-order valence-electron chi connectivity index (χ1n) is 6.42. The number of hydrogen-bond acceptors (Lipinski definition) is 1. The molecule has 0 aliphatic carbocycles. The van der Waals surface area contributed by atoms with Gasteiger partial charge in [0.25, 0.3) is 0 Å². The van der Waals surface area contributed by atoms with Crippen LogP contribution in [0.15, 0.2) is 42.5 Å². The summed E-state index contributed by atoms with van der Waals surface area (Å²) in [5.41, 5.74) is -0.0332. The van der Waals surface area contributed by atoms with Crippen molar-refractivity contribution in [3.8, 4) is 11.5 Å². The van der Waals surface area contributed by atoms with Gasteiger partial charge in [-0.25, -0.2) is 0 Å². The van der Waals surface area contributed by atoms with Crippen molar-refractivity contribution in [1.82, 2.24) is 0 Å². The number of ether oxygens (including phenoxy) is 1. The Balaban J connectivity index is 2.44. The van der Waals surface area contributed by atoms with Gasteiger partial charge in [0, 0.05) is 5.02 Å². The zero-order chi connectivity index (χ0) is 15.6. The SMILES string of the molecule is CC(C)c1cc(Cl)ccc1Oc1ccccc1C(F)(F)F. The van der Waals surface area contributed by atoms with E-state index in [0.717, 1.165) is 11.6 Å². The highest BCUT2D eigenvalue weighted by Crippen LogP contribution is 2.40. The van der Waals surface area contributed by atoms with E-state index < -0.39 is 11.7 Å². The Labute approximate surface area is 126 Å². The van der Waals surface area contributed by atoms with Crippen LogP contribution in [0.5, 0.6) is 11.5 Å². The second-order valence-corrected chi connectivity index (χ2v) is 5.37. The van der Waals surface area contributed by atoms with Crippen LogP contribution in [-0.2, 0) is 6.18 Å². The third-order valence-corrected chi connectivity index (χ3v) is 3.24. The molecule has 0 aliphatic heterocycles. The maximum absolute atomic E-state index is 13.0. The first-order chi connectivity index (χ1) is 9.79. The third-order valence-electron chi connectivity index (χ3n) is 3.01. The molecule has 0 spiro atoms. The van der Waals surface area contributed by atoms with Crippen LogP contribution in [0.3, 0.4) is 0 Å². The van der Waals surface area contributed by atoms with Crippen LogP contribution in [0.25, 0.3) is 0 Å². The van der Waals surface area contributed by atoms with Crippen LogP contribution in [0.4, 0.5) is 13.2 Å². The van der Waals surface area contributed by atoms with E-state index in [0.29, 0.717) is 10.8 Å². The molecular formula is C16H14ClF3O. The van der Waals surface area contributed by atoms with E-state index in [1.807, 2.05) is 13.8 Å². The normalized spacial score (nSPS) is 11.8. The summed E-state index contributed by atoms with van der Waals surface area (Å²) in [6, 6.07) is 10.0. The summed E-state index contributed by atoms with van der Waals surface area (Å²) >= 11 is 5.93. The van der Waals surface area contributed by atoms with E-state index in [2.05, 4.69) is 0 Å². The zero-order valence-electron chi connectivity index (χ0n) is 11.5. The van der Waals surface area contributed by atoms with Crippen LogP contribution in [-0.4, -0.2) is 0 Å². The van der Waals surface area contributed by atoms with Crippen molar-refractivity contribution in [3.05, 3.63) is 58.6 Å². The van der Waals surface area contributed by atoms with Crippen molar-refractivity contribution >= 4 is 11.6 Å². The molecule has 0 unspecified atom stereocenters. The van der Waals surface area contributed by atoms with E-state index in [1.54, 1.807) is 18.2 Å². The largest absolute Gasteiger partial charge is 0.456 e. The molecule has 0 bridgehead atoms. The highest BCUT2D eigenvalue weighted by molar-refractivity contribution is 6.30. The van der Waals surface area contributed by atoms with Gasteiger partial charge in [-0.05, 0) is 41.8 Å². The van der Waals surface area contributed by atoms with Crippen LogP contribution in [0.2, 0.25) is 5.02 Å². The fourth-order valence-corrected chi connectivity index (χ4v) is 2.15. The molecule has 0 heterocycles. The topological polar surface area (TPSA) is 9.23 Å². The standard InChI is InChI=1S/C16H14ClF3O/c1-10(2)12-9-11(17)7-8-14(12)21-15-6-4-3-5-13(15)16(18,19)20/h3-10H,1-2H3. The fourth-order valence-electron chi connectivity index (χ4n) is 1.97. The van der Waals surface area contributed by atoms with E-state index >= 15 is 0 Å². The molecular weight excluding hydrogens is 301 g/mol. The molecule has 0 aliphatic rings. The van der Waals surface area contributed by atoms with Crippen molar-refractivity contribution < 1.29 is 17.9 Å². The molecule has 1 nitrogen and oxygen atoms in total. The van der Waals surface area contributed by atoms with Gasteiger partial charge in [0.15, 0.2) is 0 Å². The molecule has 5 heteroatoms. The van der Waals surface area contributed by atoms with Gasteiger partial charge in [-0.3, -0.25) is 0 Å². The molecule has 0 fully saturated rings. The highest BCUT2D eigenvalue weighted by Gasteiger charge is 2.34.